The van der Waals surface area contributed by atoms with Crippen molar-refractivity contribution in [1.82, 2.24) is 14.5 Å². The fourth-order valence-corrected chi connectivity index (χ4v) is 6.08. The molecule has 0 bridgehead atoms. The number of benzene rings is 1. The van der Waals surface area contributed by atoms with Crippen LogP contribution in [0.25, 0.3) is 0 Å². The first kappa shape index (κ1) is 22.5. The maximum atomic E-state index is 13.1. The van der Waals surface area contributed by atoms with Gasteiger partial charge < -0.3 is 14.8 Å². The number of nitrogens with one attached hydrogen (secondary N) is 1. The summed E-state index contributed by atoms with van der Waals surface area (Å²) in [5.41, 5.74) is 0.782. The number of hydrogen-bond acceptors (Lipinski definition) is 6. The third-order valence-corrected chi connectivity index (χ3v) is 8.37. The van der Waals surface area contributed by atoms with Gasteiger partial charge in [0, 0.05) is 50.7 Å². The highest BCUT2D eigenvalue weighted by Crippen LogP contribution is 2.39. The first-order valence-electron chi connectivity index (χ1n) is 11.4. The van der Waals surface area contributed by atoms with Crippen LogP contribution in [0.4, 0.5) is 0 Å². The van der Waals surface area contributed by atoms with E-state index in [0.717, 1.165) is 64.1 Å². The van der Waals surface area contributed by atoms with E-state index in [0.29, 0.717) is 25.4 Å². The van der Waals surface area contributed by atoms with Crippen molar-refractivity contribution in [3.8, 4) is 5.75 Å². The Bertz CT molecular complexity index is 877. The number of nitrogens with zero attached hydrogens (tertiary/aromatic N) is 2. The predicted molar refractivity (Wildman–Crippen MR) is 117 cm³/mol. The Labute approximate surface area is 184 Å². The Kier molecular flexibility index (Phi) is 7.15. The lowest BCUT2D eigenvalue weighted by Gasteiger charge is -2.26. The number of rotatable bonds is 6. The lowest BCUT2D eigenvalue weighted by atomic mass is 9.97. The van der Waals surface area contributed by atoms with E-state index in [1.54, 1.807) is 22.5 Å². The lowest BCUT2D eigenvalue weighted by Crippen LogP contribution is -2.44. The third kappa shape index (κ3) is 5.05. The van der Waals surface area contributed by atoms with Crippen molar-refractivity contribution in [1.29, 1.82) is 0 Å². The largest absolute Gasteiger partial charge is 0.480 e. The van der Waals surface area contributed by atoms with Gasteiger partial charge in [-0.25, -0.2) is 8.42 Å². The summed E-state index contributed by atoms with van der Waals surface area (Å²) in [4.78, 5) is 15.3. The Morgan fingerprint density at radius 1 is 1.10 bits per heavy atom. The van der Waals surface area contributed by atoms with Crippen LogP contribution in [0.15, 0.2) is 23.1 Å². The van der Waals surface area contributed by atoms with Crippen molar-refractivity contribution in [2.24, 2.45) is 0 Å². The first-order chi connectivity index (χ1) is 15.0. The molecule has 0 radical (unpaired) electrons. The molecule has 2 saturated heterocycles. The van der Waals surface area contributed by atoms with Crippen LogP contribution in [-0.4, -0.2) is 82.1 Å². The molecule has 3 aliphatic heterocycles. The molecular weight excluding hydrogens is 418 g/mol. The van der Waals surface area contributed by atoms with E-state index in [1.165, 1.54) is 0 Å². The summed E-state index contributed by atoms with van der Waals surface area (Å²) in [6.07, 6.45) is 3.30. The fraction of sp³-hybridized carbons (Fsp3) is 0.682. The zero-order valence-electron chi connectivity index (χ0n) is 18.2. The zero-order chi connectivity index (χ0) is 21.8. The minimum atomic E-state index is -3.53. The summed E-state index contributed by atoms with van der Waals surface area (Å²) in [7, 11) is -3.53. The van der Waals surface area contributed by atoms with E-state index < -0.39 is 16.1 Å². The van der Waals surface area contributed by atoms with Crippen molar-refractivity contribution in [3.05, 3.63) is 23.8 Å². The van der Waals surface area contributed by atoms with Crippen LogP contribution in [0.3, 0.4) is 0 Å². The molecule has 8 nitrogen and oxygen atoms in total. The van der Waals surface area contributed by atoms with Crippen molar-refractivity contribution < 1.29 is 22.7 Å². The summed E-state index contributed by atoms with van der Waals surface area (Å²) in [5.74, 6) is 0.224. The summed E-state index contributed by atoms with van der Waals surface area (Å²) in [5, 5.41) is 2.97. The Balaban J connectivity index is 1.39. The zero-order valence-corrected chi connectivity index (χ0v) is 19.0. The third-order valence-electron chi connectivity index (χ3n) is 6.47. The molecule has 31 heavy (non-hydrogen) atoms. The van der Waals surface area contributed by atoms with Crippen molar-refractivity contribution in [2.45, 2.75) is 49.5 Å². The SMILES string of the molecule is CC1c2cc(S(=O)(=O)N3CCCCCC3)ccc2OC1C(=O)NCCN1CCOCC1. The van der Waals surface area contributed by atoms with Crippen LogP contribution in [0.1, 0.15) is 44.1 Å². The van der Waals surface area contributed by atoms with Gasteiger partial charge in [-0.15, -0.1) is 0 Å². The summed E-state index contributed by atoms with van der Waals surface area (Å²) >= 11 is 0. The van der Waals surface area contributed by atoms with E-state index in [-0.39, 0.29) is 16.7 Å². The number of carbonyl (C=O) groups excluding carboxylic acids is 1. The second-order valence-corrected chi connectivity index (χ2v) is 10.5. The van der Waals surface area contributed by atoms with Gasteiger partial charge in [0.15, 0.2) is 6.10 Å². The molecule has 0 aromatic heterocycles. The monoisotopic (exact) mass is 451 g/mol. The highest BCUT2D eigenvalue weighted by molar-refractivity contribution is 7.89. The summed E-state index contributed by atoms with van der Waals surface area (Å²) < 4.78 is 39.1. The molecule has 2 unspecified atom stereocenters. The molecule has 4 rings (SSSR count). The van der Waals surface area contributed by atoms with E-state index in [1.807, 2.05) is 6.92 Å². The van der Waals surface area contributed by atoms with Gasteiger partial charge in [-0.3, -0.25) is 9.69 Å². The van der Waals surface area contributed by atoms with Gasteiger partial charge in [0.1, 0.15) is 5.75 Å². The van der Waals surface area contributed by atoms with E-state index >= 15 is 0 Å². The molecule has 3 heterocycles. The molecule has 172 valence electrons. The Morgan fingerprint density at radius 2 is 1.81 bits per heavy atom. The topological polar surface area (TPSA) is 88.2 Å². The van der Waals surface area contributed by atoms with Crippen LogP contribution < -0.4 is 10.1 Å². The van der Waals surface area contributed by atoms with Crippen molar-refractivity contribution in [3.63, 3.8) is 0 Å². The second-order valence-electron chi connectivity index (χ2n) is 8.59. The predicted octanol–water partition coefficient (Wildman–Crippen LogP) is 1.56. The molecule has 0 aliphatic carbocycles. The van der Waals surface area contributed by atoms with Crippen molar-refractivity contribution >= 4 is 15.9 Å². The minimum Gasteiger partial charge on any atom is -0.480 e. The number of fused-ring (bicyclic) bond motifs is 1. The minimum absolute atomic E-state index is 0.158. The molecule has 2 fully saturated rings. The Morgan fingerprint density at radius 3 is 2.52 bits per heavy atom. The molecule has 1 N–H and O–H groups in total. The molecule has 9 heteroatoms. The van der Waals surface area contributed by atoms with E-state index in [2.05, 4.69) is 10.2 Å². The first-order valence-corrected chi connectivity index (χ1v) is 12.8. The molecular formula is C22H33N3O5S. The van der Waals surface area contributed by atoms with Gasteiger partial charge in [0.2, 0.25) is 10.0 Å². The van der Waals surface area contributed by atoms with Crippen LogP contribution in [-0.2, 0) is 19.6 Å². The highest BCUT2D eigenvalue weighted by Gasteiger charge is 2.37. The van der Waals surface area contributed by atoms with Crippen LogP contribution in [0, 0.1) is 0 Å². The maximum Gasteiger partial charge on any atom is 0.261 e. The molecule has 1 aromatic rings. The lowest BCUT2D eigenvalue weighted by molar-refractivity contribution is -0.128. The second kappa shape index (κ2) is 9.85. The van der Waals surface area contributed by atoms with Gasteiger partial charge >= 0.3 is 0 Å². The molecule has 1 aromatic carbocycles. The Hall–Kier alpha value is -1.68. The molecule has 0 spiro atoms. The fourth-order valence-electron chi connectivity index (χ4n) is 4.53. The van der Waals surface area contributed by atoms with E-state index in [9.17, 15) is 13.2 Å². The normalized spacial score (nSPS) is 25.5. The number of morpholine rings is 1. The van der Waals surface area contributed by atoms with E-state index in [4.69, 9.17) is 9.47 Å². The van der Waals surface area contributed by atoms with Crippen LogP contribution in [0.5, 0.6) is 5.75 Å². The van der Waals surface area contributed by atoms with Gasteiger partial charge in [-0.1, -0.05) is 19.8 Å². The number of hydrogen-bond donors (Lipinski definition) is 1. The standard InChI is InChI=1S/C22H33N3O5S/c1-17-19-16-18(31(27,28)25-9-4-2-3-5-10-25)6-7-20(19)30-21(17)22(26)23-8-11-24-12-14-29-15-13-24/h6-7,16-17,21H,2-5,8-15H2,1H3,(H,23,26). The van der Waals surface area contributed by atoms with Crippen LogP contribution >= 0.6 is 0 Å². The molecule has 3 aliphatic rings. The average Bonchev–Trinajstić information content (AvgIpc) is 2.95. The summed E-state index contributed by atoms with van der Waals surface area (Å²) in [6.45, 7) is 7.61. The van der Waals surface area contributed by atoms with Gasteiger partial charge in [-0.05, 0) is 31.0 Å². The average molecular weight is 452 g/mol. The molecule has 0 saturated carbocycles. The smallest absolute Gasteiger partial charge is 0.261 e. The van der Waals surface area contributed by atoms with Crippen LogP contribution in [0.2, 0.25) is 0 Å². The van der Waals surface area contributed by atoms with Gasteiger partial charge in [0.05, 0.1) is 18.1 Å². The molecule has 1 amide bonds. The molecule has 2 atom stereocenters. The number of ether oxygens (including phenoxy) is 2. The summed E-state index contributed by atoms with van der Waals surface area (Å²) in [6, 6.07) is 4.99. The number of sulfonamides is 1. The number of carbonyl (C=O) groups is 1. The maximum absolute atomic E-state index is 13.1. The quantitative estimate of drug-likeness (QED) is 0.706. The number of amides is 1. The van der Waals surface area contributed by atoms with Crippen molar-refractivity contribution in [2.75, 3.05) is 52.5 Å². The highest BCUT2D eigenvalue weighted by atomic mass is 32.2. The van der Waals surface area contributed by atoms with Gasteiger partial charge in [-0.2, -0.15) is 4.31 Å². The van der Waals surface area contributed by atoms with Gasteiger partial charge in [0.25, 0.3) is 5.91 Å².